The molecule has 0 aromatic carbocycles. The second-order valence-electron chi connectivity index (χ2n) is 23.4. The van der Waals surface area contributed by atoms with Crippen LogP contribution in [0.15, 0.2) is 24.3 Å². The minimum Gasteiger partial charge on any atom is -0.462 e. The Hall–Kier alpha value is -1.51. The summed E-state index contributed by atoms with van der Waals surface area (Å²) in [6.45, 7) is 3.81. The van der Waals surface area contributed by atoms with Gasteiger partial charge in [-0.1, -0.05) is 334 Å². The SMILES string of the molecule is CCCCCCC/C=C\C/C=C\CCCCCCCCCCCCCCCCCCCCCCCCCCCC(=O)OC(COC(=O)CCCCCCCCCCCCCCCCCCCCCC)COP(=O)(O)OCCN. The van der Waals surface area contributed by atoms with Crippen molar-refractivity contribution in [1.82, 2.24) is 0 Å². The van der Waals surface area contributed by atoms with Crippen molar-refractivity contribution in [3.63, 3.8) is 0 Å². The minimum atomic E-state index is -4.39. The highest BCUT2D eigenvalue weighted by molar-refractivity contribution is 7.47. The summed E-state index contributed by atoms with van der Waals surface area (Å²) < 4.78 is 33.1. The highest BCUT2D eigenvalue weighted by Gasteiger charge is 2.26. The van der Waals surface area contributed by atoms with E-state index in [1.54, 1.807) is 0 Å². The fourth-order valence-electron chi connectivity index (χ4n) is 10.5. The van der Waals surface area contributed by atoms with Gasteiger partial charge in [0.05, 0.1) is 13.2 Å². The van der Waals surface area contributed by atoms with Gasteiger partial charge in [-0.25, -0.2) is 4.57 Å². The van der Waals surface area contributed by atoms with Crippen LogP contribution in [-0.2, 0) is 32.7 Å². The Morgan fingerprint density at radius 1 is 0.385 bits per heavy atom. The van der Waals surface area contributed by atoms with Crippen molar-refractivity contribution in [2.24, 2.45) is 5.73 Å². The second kappa shape index (κ2) is 64.7. The molecule has 78 heavy (non-hydrogen) atoms. The molecule has 0 bridgehead atoms. The van der Waals surface area contributed by atoms with E-state index in [4.69, 9.17) is 24.3 Å². The molecular weight excluding hydrogens is 990 g/mol. The van der Waals surface area contributed by atoms with Crippen LogP contribution in [0.5, 0.6) is 0 Å². The van der Waals surface area contributed by atoms with Gasteiger partial charge in [0.2, 0.25) is 0 Å². The summed E-state index contributed by atoms with van der Waals surface area (Å²) in [5.41, 5.74) is 5.40. The van der Waals surface area contributed by atoms with E-state index in [1.807, 2.05) is 0 Å². The van der Waals surface area contributed by atoms with Gasteiger partial charge in [-0.3, -0.25) is 18.6 Å². The van der Waals surface area contributed by atoms with Crippen LogP contribution in [0.2, 0.25) is 0 Å². The predicted molar refractivity (Wildman–Crippen MR) is 335 cm³/mol. The standard InChI is InChI=1S/C68H132NO8P/c1-3-5-7-9-11-13-15-17-19-21-23-25-26-27-28-29-30-31-32-33-34-35-36-37-38-39-40-41-43-45-47-49-51-53-55-57-59-61-68(71)77-66(65-76-78(72,73)75-63-62-69)64-74-67(70)60-58-56-54-52-50-48-46-44-42-24-22-20-18-16-14-12-10-8-6-4-2/h15,17,21,23,66H,3-14,16,18-20,22,24-65,69H2,1-2H3,(H,72,73)/b17-15-,23-21-. The first-order valence-electron chi connectivity index (χ1n) is 34.3. The van der Waals surface area contributed by atoms with Crippen LogP contribution < -0.4 is 5.73 Å². The van der Waals surface area contributed by atoms with Crippen molar-refractivity contribution in [3.8, 4) is 0 Å². The highest BCUT2D eigenvalue weighted by Crippen LogP contribution is 2.43. The lowest BCUT2D eigenvalue weighted by molar-refractivity contribution is -0.161. The van der Waals surface area contributed by atoms with Crippen LogP contribution in [0.25, 0.3) is 0 Å². The molecule has 0 aliphatic heterocycles. The number of ether oxygens (including phenoxy) is 2. The minimum absolute atomic E-state index is 0.0574. The molecule has 0 radical (unpaired) electrons. The Morgan fingerprint density at radius 3 is 0.974 bits per heavy atom. The largest absolute Gasteiger partial charge is 0.472 e. The molecule has 0 aliphatic rings. The van der Waals surface area contributed by atoms with E-state index in [0.29, 0.717) is 6.42 Å². The molecule has 9 nitrogen and oxygen atoms in total. The van der Waals surface area contributed by atoms with Gasteiger partial charge >= 0.3 is 19.8 Å². The molecule has 0 rings (SSSR count). The van der Waals surface area contributed by atoms with Crippen molar-refractivity contribution < 1.29 is 37.6 Å². The maximum atomic E-state index is 12.7. The molecule has 2 unspecified atom stereocenters. The molecular formula is C68H132NO8P. The number of phosphoric ester groups is 1. The summed E-state index contributed by atoms with van der Waals surface area (Å²) in [6.07, 6.45) is 78.5. The lowest BCUT2D eigenvalue weighted by Gasteiger charge is -2.19. The molecule has 0 aromatic rings. The molecule has 0 saturated carbocycles. The fourth-order valence-corrected chi connectivity index (χ4v) is 11.3. The van der Waals surface area contributed by atoms with E-state index in [0.717, 1.165) is 38.5 Å². The molecule has 2 atom stereocenters. The Bertz CT molecular complexity index is 1330. The fraction of sp³-hybridized carbons (Fsp3) is 0.912. The maximum Gasteiger partial charge on any atom is 0.472 e. The molecule has 0 amide bonds. The molecule has 462 valence electrons. The number of unbranched alkanes of at least 4 members (excludes halogenated alkanes) is 49. The molecule has 0 heterocycles. The van der Waals surface area contributed by atoms with Crippen molar-refractivity contribution in [2.45, 2.75) is 373 Å². The quantitative estimate of drug-likeness (QED) is 0.0264. The van der Waals surface area contributed by atoms with Gasteiger partial charge < -0.3 is 20.1 Å². The smallest absolute Gasteiger partial charge is 0.462 e. The van der Waals surface area contributed by atoms with Crippen LogP contribution >= 0.6 is 7.82 Å². The molecule has 0 aliphatic carbocycles. The summed E-state index contributed by atoms with van der Waals surface area (Å²) >= 11 is 0. The summed E-state index contributed by atoms with van der Waals surface area (Å²) in [5, 5.41) is 0. The van der Waals surface area contributed by atoms with Gasteiger partial charge in [0.1, 0.15) is 6.61 Å². The molecule has 10 heteroatoms. The van der Waals surface area contributed by atoms with Crippen molar-refractivity contribution in [1.29, 1.82) is 0 Å². The van der Waals surface area contributed by atoms with Gasteiger partial charge in [-0.2, -0.15) is 0 Å². The summed E-state index contributed by atoms with van der Waals surface area (Å²) in [6, 6.07) is 0. The molecule has 3 N–H and O–H groups in total. The zero-order valence-corrected chi connectivity index (χ0v) is 52.8. The zero-order chi connectivity index (χ0) is 56.6. The molecule has 0 aromatic heterocycles. The van der Waals surface area contributed by atoms with E-state index in [1.165, 1.54) is 295 Å². The second-order valence-corrected chi connectivity index (χ2v) is 24.9. The number of carbonyl (C=O) groups excluding carboxylic acids is 2. The van der Waals surface area contributed by atoms with Crippen molar-refractivity contribution in [2.75, 3.05) is 26.4 Å². The Kier molecular flexibility index (Phi) is 63.4. The Balaban J connectivity index is 3.77. The first-order valence-corrected chi connectivity index (χ1v) is 35.8. The van der Waals surface area contributed by atoms with Crippen LogP contribution in [0, 0.1) is 0 Å². The lowest BCUT2D eigenvalue weighted by atomic mass is 10.0. The molecule has 0 saturated heterocycles. The number of esters is 2. The van der Waals surface area contributed by atoms with Gasteiger partial charge in [-0.15, -0.1) is 0 Å². The number of hydrogen-bond donors (Lipinski definition) is 2. The number of phosphoric acid groups is 1. The third-order valence-electron chi connectivity index (χ3n) is 15.6. The number of carbonyl (C=O) groups is 2. The lowest BCUT2D eigenvalue weighted by Crippen LogP contribution is -2.29. The number of allylic oxidation sites excluding steroid dienone is 4. The van der Waals surface area contributed by atoms with Crippen LogP contribution in [0.3, 0.4) is 0 Å². The zero-order valence-electron chi connectivity index (χ0n) is 51.9. The van der Waals surface area contributed by atoms with E-state index < -0.39 is 26.5 Å². The summed E-state index contributed by atoms with van der Waals surface area (Å²) in [5.74, 6) is -0.802. The predicted octanol–water partition coefficient (Wildman–Crippen LogP) is 22.1. The monoisotopic (exact) mass is 1120 g/mol. The third kappa shape index (κ3) is 63.7. The van der Waals surface area contributed by atoms with Crippen molar-refractivity contribution >= 4 is 19.8 Å². The molecule has 0 fully saturated rings. The van der Waals surface area contributed by atoms with E-state index in [2.05, 4.69) is 38.2 Å². The van der Waals surface area contributed by atoms with E-state index >= 15 is 0 Å². The number of rotatable bonds is 66. The van der Waals surface area contributed by atoms with Gasteiger partial charge in [0.15, 0.2) is 6.10 Å². The Labute approximate surface area is 484 Å². The average molecular weight is 1120 g/mol. The normalized spacial score (nSPS) is 13.0. The van der Waals surface area contributed by atoms with Crippen LogP contribution in [-0.4, -0.2) is 49.3 Å². The van der Waals surface area contributed by atoms with Crippen LogP contribution in [0.4, 0.5) is 0 Å². The van der Waals surface area contributed by atoms with Gasteiger partial charge in [0, 0.05) is 19.4 Å². The van der Waals surface area contributed by atoms with E-state index in [9.17, 15) is 19.0 Å². The first-order chi connectivity index (χ1) is 38.3. The highest BCUT2D eigenvalue weighted by atomic mass is 31.2. The average Bonchev–Trinajstić information content (AvgIpc) is 3.43. The molecule has 0 spiro atoms. The summed E-state index contributed by atoms with van der Waals surface area (Å²) in [4.78, 5) is 35.3. The third-order valence-corrected chi connectivity index (χ3v) is 16.6. The number of hydrogen-bond acceptors (Lipinski definition) is 8. The maximum absolute atomic E-state index is 12.7. The van der Waals surface area contributed by atoms with Crippen LogP contribution in [0.1, 0.15) is 367 Å². The van der Waals surface area contributed by atoms with Gasteiger partial charge in [0.25, 0.3) is 0 Å². The van der Waals surface area contributed by atoms with E-state index in [-0.39, 0.29) is 38.6 Å². The topological polar surface area (TPSA) is 134 Å². The van der Waals surface area contributed by atoms with Crippen molar-refractivity contribution in [3.05, 3.63) is 24.3 Å². The van der Waals surface area contributed by atoms with Gasteiger partial charge in [-0.05, 0) is 44.9 Å². The first kappa shape index (κ1) is 76.5. The Morgan fingerprint density at radius 2 is 0.667 bits per heavy atom. The summed E-state index contributed by atoms with van der Waals surface area (Å²) in [7, 11) is -4.39. The number of nitrogens with two attached hydrogens (primary N) is 1.